The molecule has 0 aliphatic rings. The van der Waals surface area contributed by atoms with E-state index in [9.17, 15) is 4.79 Å². The second-order valence-corrected chi connectivity index (χ2v) is 5.04. The third-order valence-corrected chi connectivity index (χ3v) is 3.60. The zero-order chi connectivity index (χ0) is 15.8. The summed E-state index contributed by atoms with van der Waals surface area (Å²) in [5.74, 6) is 0.759. The summed E-state index contributed by atoms with van der Waals surface area (Å²) in [6.07, 6.45) is 0. The number of H-pyrrole nitrogens is 1. The molecule has 0 amide bonds. The highest BCUT2D eigenvalue weighted by Gasteiger charge is 2.12. The molecule has 0 radical (unpaired) electrons. The van der Waals surface area contributed by atoms with Crippen molar-refractivity contribution >= 4 is 11.1 Å². The Bertz CT molecular complexity index is 992. The summed E-state index contributed by atoms with van der Waals surface area (Å²) in [4.78, 5) is 16.5. The molecule has 2 aromatic heterocycles. The van der Waals surface area contributed by atoms with E-state index in [1.165, 1.54) is 10.7 Å². The SMILES string of the molecule is COc1ccc(-c2cc(=O)n(-c3nc4ccccc4o3)[nH]2)cc1. The van der Waals surface area contributed by atoms with Crippen molar-refractivity contribution in [2.75, 3.05) is 7.11 Å². The van der Waals surface area contributed by atoms with Gasteiger partial charge >= 0.3 is 6.01 Å². The zero-order valence-electron chi connectivity index (χ0n) is 12.3. The van der Waals surface area contributed by atoms with Gasteiger partial charge in [0.2, 0.25) is 0 Å². The summed E-state index contributed by atoms with van der Waals surface area (Å²) in [5.41, 5.74) is 2.66. The minimum absolute atomic E-state index is 0.218. The van der Waals surface area contributed by atoms with Gasteiger partial charge in [0.25, 0.3) is 5.56 Å². The lowest BCUT2D eigenvalue weighted by Gasteiger charge is -2.01. The molecule has 1 N–H and O–H groups in total. The number of ether oxygens (including phenoxy) is 1. The average Bonchev–Trinajstić information content (AvgIpc) is 3.18. The summed E-state index contributed by atoms with van der Waals surface area (Å²) in [6, 6.07) is 16.5. The van der Waals surface area contributed by atoms with Crippen LogP contribution < -0.4 is 10.3 Å². The molecule has 6 heteroatoms. The number of para-hydroxylation sites is 2. The number of aromatic nitrogens is 3. The van der Waals surface area contributed by atoms with Gasteiger partial charge in [-0.25, -0.2) is 0 Å². The summed E-state index contributed by atoms with van der Waals surface area (Å²) in [5, 5.41) is 3.02. The first-order chi connectivity index (χ1) is 11.2. The van der Waals surface area contributed by atoms with Gasteiger partial charge in [0.1, 0.15) is 11.3 Å². The van der Waals surface area contributed by atoms with Crippen LogP contribution in [0, 0.1) is 0 Å². The van der Waals surface area contributed by atoms with Crippen LogP contribution in [-0.2, 0) is 0 Å². The van der Waals surface area contributed by atoms with Crippen molar-refractivity contribution in [1.82, 2.24) is 14.8 Å². The fourth-order valence-electron chi connectivity index (χ4n) is 2.41. The van der Waals surface area contributed by atoms with E-state index in [1.54, 1.807) is 7.11 Å². The van der Waals surface area contributed by atoms with Crippen molar-refractivity contribution in [3.63, 3.8) is 0 Å². The molecule has 4 aromatic rings. The molecule has 0 saturated heterocycles. The van der Waals surface area contributed by atoms with E-state index >= 15 is 0 Å². The average molecular weight is 307 g/mol. The highest BCUT2D eigenvalue weighted by molar-refractivity contribution is 5.73. The largest absolute Gasteiger partial charge is 0.497 e. The molecule has 0 bridgehead atoms. The van der Waals surface area contributed by atoms with E-state index in [0.29, 0.717) is 16.8 Å². The predicted molar refractivity (Wildman–Crippen MR) is 85.9 cm³/mol. The standard InChI is InChI=1S/C17H13N3O3/c1-22-12-8-6-11(7-9-12)14-10-16(21)20(19-14)17-18-13-4-2-3-5-15(13)23-17/h2-10,19H,1H3. The molecule has 23 heavy (non-hydrogen) atoms. The highest BCUT2D eigenvalue weighted by Crippen LogP contribution is 2.21. The number of nitrogens with one attached hydrogen (secondary N) is 1. The van der Waals surface area contributed by atoms with Gasteiger partial charge in [-0.3, -0.25) is 9.89 Å². The molecule has 0 atom stereocenters. The number of oxazole rings is 1. The summed E-state index contributed by atoms with van der Waals surface area (Å²) in [6.45, 7) is 0. The quantitative estimate of drug-likeness (QED) is 0.631. The Morgan fingerprint density at radius 1 is 1.13 bits per heavy atom. The van der Waals surface area contributed by atoms with E-state index in [0.717, 1.165) is 11.3 Å². The van der Waals surface area contributed by atoms with Gasteiger partial charge in [-0.1, -0.05) is 12.1 Å². The van der Waals surface area contributed by atoms with Crippen molar-refractivity contribution in [3.05, 3.63) is 65.0 Å². The maximum Gasteiger partial charge on any atom is 0.325 e. The topological polar surface area (TPSA) is 73.1 Å². The number of nitrogens with zero attached hydrogens (tertiary/aromatic N) is 2. The predicted octanol–water partition coefficient (Wildman–Crippen LogP) is 2.98. The molecule has 2 aromatic carbocycles. The molecule has 114 valence electrons. The Balaban J connectivity index is 1.78. The van der Waals surface area contributed by atoms with Gasteiger partial charge in [-0.05, 0) is 42.0 Å². The molecule has 0 spiro atoms. The molecule has 0 unspecified atom stereocenters. The summed E-state index contributed by atoms with van der Waals surface area (Å²) in [7, 11) is 1.61. The lowest BCUT2D eigenvalue weighted by molar-refractivity contribution is 0.415. The first-order valence-corrected chi connectivity index (χ1v) is 7.07. The van der Waals surface area contributed by atoms with Gasteiger partial charge < -0.3 is 9.15 Å². The highest BCUT2D eigenvalue weighted by atomic mass is 16.5. The first kappa shape index (κ1) is 13.4. The fourth-order valence-corrected chi connectivity index (χ4v) is 2.41. The lowest BCUT2D eigenvalue weighted by atomic mass is 10.1. The van der Waals surface area contributed by atoms with Gasteiger partial charge in [0.15, 0.2) is 5.58 Å². The fraction of sp³-hybridized carbons (Fsp3) is 0.0588. The van der Waals surface area contributed by atoms with Crippen LogP contribution in [0.15, 0.2) is 63.8 Å². The number of hydrogen-bond donors (Lipinski definition) is 1. The van der Waals surface area contributed by atoms with Crippen molar-refractivity contribution in [3.8, 4) is 23.0 Å². The van der Waals surface area contributed by atoms with Crippen molar-refractivity contribution in [1.29, 1.82) is 0 Å². The van der Waals surface area contributed by atoms with Crippen LogP contribution in [0.1, 0.15) is 0 Å². The zero-order valence-corrected chi connectivity index (χ0v) is 12.3. The first-order valence-electron chi connectivity index (χ1n) is 7.07. The number of aromatic amines is 1. The minimum atomic E-state index is -0.234. The number of methoxy groups -OCH3 is 1. The Morgan fingerprint density at radius 2 is 1.91 bits per heavy atom. The van der Waals surface area contributed by atoms with Crippen LogP contribution in [0.5, 0.6) is 5.75 Å². The van der Waals surface area contributed by atoms with Crippen molar-refractivity contribution in [2.45, 2.75) is 0 Å². The van der Waals surface area contributed by atoms with Crippen LogP contribution >= 0.6 is 0 Å². The second kappa shape index (κ2) is 5.17. The van der Waals surface area contributed by atoms with Crippen LogP contribution in [0.2, 0.25) is 0 Å². The van der Waals surface area contributed by atoms with E-state index in [4.69, 9.17) is 9.15 Å². The molecule has 6 nitrogen and oxygen atoms in total. The molecular weight excluding hydrogens is 294 g/mol. The number of hydrogen-bond acceptors (Lipinski definition) is 4. The van der Waals surface area contributed by atoms with Crippen LogP contribution in [0.4, 0.5) is 0 Å². The van der Waals surface area contributed by atoms with E-state index in [-0.39, 0.29) is 11.6 Å². The van der Waals surface area contributed by atoms with Crippen LogP contribution in [-0.4, -0.2) is 21.9 Å². The molecule has 0 aliphatic carbocycles. The number of benzene rings is 2. The Kier molecular flexibility index (Phi) is 3.01. The Hall–Kier alpha value is -3.28. The Labute approximate surface area is 130 Å². The third-order valence-electron chi connectivity index (χ3n) is 3.60. The van der Waals surface area contributed by atoms with E-state index < -0.39 is 0 Å². The van der Waals surface area contributed by atoms with E-state index in [1.807, 2.05) is 48.5 Å². The maximum absolute atomic E-state index is 12.2. The normalized spacial score (nSPS) is 11.0. The van der Waals surface area contributed by atoms with Crippen molar-refractivity contribution < 1.29 is 9.15 Å². The molecule has 0 saturated carbocycles. The second-order valence-electron chi connectivity index (χ2n) is 5.04. The number of fused-ring (bicyclic) bond motifs is 1. The van der Waals surface area contributed by atoms with Gasteiger partial charge in [-0.15, -0.1) is 0 Å². The van der Waals surface area contributed by atoms with Gasteiger partial charge in [-0.2, -0.15) is 9.67 Å². The van der Waals surface area contributed by atoms with Gasteiger partial charge in [0.05, 0.1) is 12.8 Å². The van der Waals surface area contributed by atoms with Crippen LogP contribution in [0.25, 0.3) is 28.4 Å². The monoisotopic (exact) mass is 307 g/mol. The summed E-state index contributed by atoms with van der Waals surface area (Å²) >= 11 is 0. The Morgan fingerprint density at radius 3 is 2.65 bits per heavy atom. The van der Waals surface area contributed by atoms with Crippen LogP contribution in [0.3, 0.4) is 0 Å². The smallest absolute Gasteiger partial charge is 0.325 e. The molecular formula is C17H13N3O3. The number of rotatable bonds is 3. The van der Waals surface area contributed by atoms with Gasteiger partial charge in [0, 0.05) is 6.07 Å². The summed E-state index contributed by atoms with van der Waals surface area (Å²) < 4.78 is 12.0. The minimum Gasteiger partial charge on any atom is -0.497 e. The molecule has 0 fully saturated rings. The van der Waals surface area contributed by atoms with Crippen molar-refractivity contribution in [2.24, 2.45) is 0 Å². The molecule has 0 aliphatic heterocycles. The maximum atomic E-state index is 12.2. The molecule has 4 rings (SSSR count). The molecule has 2 heterocycles. The third kappa shape index (κ3) is 2.30. The lowest BCUT2D eigenvalue weighted by Crippen LogP contribution is -2.13. The van der Waals surface area contributed by atoms with E-state index in [2.05, 4.69) is 10.1 Å².